The van der Waals surface area contributed by atoms with Crippen molar-refractivity contribution < 1.29 is 4.79 Å². The van der Waals surface area contributed by atoms with Gasteiger partial charge in [-0.3, -0.25) is 0 Å². The summed E-state index contributed by atoms with van der Waals surface area (Å²) in [4.78, 5) is 13.9. The van der Waals surface area contributed by atoms with Gasteiger partial charge in [0.2, 0.25) is 0 Å². The highest BCUT2D eigenvalue weighted by Crippen LogP contribution is 2.15. The minimum Gasteiger partial charge on any atom is -0.338 e. The molecule has 0 aliphatic heterocycles. The first-order valence-electron chi connectivity index (χ1n) is 6.69. The molecular weight excluding hydrogens is 214 g/mol. The number of nitrogens with one attached hydrogen (secondary N) is 1. The average molecular weight is 243 g/mol. The van der Waals surface area contributed by atoms with Gasteiger partial charge in [-0.2, -0.15) is 0 Å². The maximum absolute atomic E-state index is 12.0. The molecule has 0 aliphatic carbocycles. The minimum atomic E-state index is -0.0166. The number of carbonyl (C=O) groups excluding carboxylic acids is 1. The molecule has 102 valence electrons. The van der Waals surface area contributed by atoms with Crippen LogP contribution in [0.5, 0.6) is 0 Å². The third-order valence-electron chi connectivity index (χ3n) is 2.76. The van der Waals surface area contributed by atoms with Crippen LogP contribution in [0, 0.1) is 5.41 Å². The van der Waals surface area contributed by atoms with Crippen LogP contribution in [0.3, 0.4) is 0 Å². The third kappa shape index (κ3) is 7.21. The smallest absolute Gasteiger partial charge is 0.317 e. The first-order valence-corrected chi connectivity index (χ1v) is 6.69. The van der Waals surface area contributed by atoms with Gasteiger partial charge in [0.25, 0.3) is 0 Å². The van der Waals surface area contributed by atoms with E-state index in [-0.39, 0.29) is 11.4 Å². The number of amides is 2. The Morgan fingerprint density at radius 2 is 1.94 bits per heavy atom. The van der Waals surface area contributed by atoms with Crippen LogP contribution < -0.4 is 11.1 Å². The molecule has 0 rings (SSSR count). The van der Waals surface area contributed by atoms with Crippen molar-refractivity contribution in [1.29, 1.82) is 0 Å². The molecule has 0 aromatic rings. The predicted molar refractivity (Wildman–Crippen MR) is 73.0 cm³/mol. The van der Waals surface area contributed by atoms with Crippen LogP contribution in [-0.4, -0.2) is 37.1 Å². The first kappa shape index (κ1) is 16.2. The molecule has 4 heteroatoms. The summed E-state index contributed by atoms with van der Waals surface area (Å²) in [6.45, 7) is 11.3. The first-order chi connectivity index (χ1) is 7.96. The molecule has 0 aliphatic rings. The molecule has 0 aromatic heterocycles. The number of unbranched alkanes of at least 4 members (excludes halogenated alkanes) is 1. The van der Waals surface area contributed by atoms with Gasteiger partial charge in [-0.25, -0.2) is 4.79 Å². The van der Waals surface area contributed by atoms with Crippen molar-refractivity contribution in [3.8, 4) is 0 Å². The van der Waals surface area contributed by atoms with Gasteiger partial charge in [0, 0.05) is 19.6 Å². The molecule has 0 bridgehead atoms. The Morgan fingerprint density at radius 3 is 2.41 bits per heavy atom. The van der Waals surface area contributed by atoms with Crippen LogP contribution >= 0.6 is 0 Å². The number of rotatable bonds is 8. The predicted octanol–water partition coefficient (Wildman–Crippen LogP) is 2.19. The highest BCUT2D eigenvalue weighted by atomic mass is 16.2. The number of carbonyl (C=O) groups is 1. The monoisotopic (exact) mass is 243 g/mol. The van der Waals surface area contributed by atoms with E-state index in [0.717, 1.165) is 38.9 Å². The quantitative estimate of drug-likeness (QED) is 0.642. The van der Waals surface area contributed by atoms with Crippen molar-refractivity contribution in [2.75, 3.05) is 26.2 Å². The molecule has 0 aromatic carbocycles. The van der Waals surface area contributed by atoms with Crippen molar-refractivity contribution >= 4 is 6.03 Å². The van der Waals surface area contributed by atoms with Crippen molar-refractivity contribution in [3.05, 3.63) is 0 Å². The van der Waals surface area contributed by atoms with E-state index in [2.05, 4.69) is 33.0 Å². The van der Waals surface area contributed by atoms with Gasteiger partial charge in [-0.1, -0.05) is 34.1 Å². The largest absolute Gasteiger partial charge is 0.338 e. The minimum absolute atomic E-state index is 0.0166. The topological polar surface area (TPSA) is 58.4 Å². The van der Waals surface area contributed by atoms with Crippen molar-refractivity contribution in [3.63, 3.8) is 0 Å². The average Bonchev–Trinajstić information content (AvgIpc) is 2.28. The summed E-state index contributed by atoms with van der Waals surface area (Å²) >= 11 is 0. The van der Waals surface area contributed by atoms with Crippen LogP contribution in [0.15, 0.2) is 0 Å². The summed E-state index contributed by atoms with van der Waals surface area (Å²) < 4.78 is 0. The van der Waals surface area contributed by atoms with Gasteiger partial charge in [-0.15, -0.1) is 0 Å². The summed E-state index contributed by atoms with van der Waals surface area (Å²) in [5.74, 6) is 0. The zero-order valence-electron chi connectivity index (χ0n) is 11.9. The molecular formula is C13H29N3O. The molecule has 3 N–H and O–H groups in total. The standard InChI is InChI=1S/C13H29N3O/c1-5-7-8-15-12(17)16(9-6-2)11-13(3,4)10-14/h5-11,14H2,1-4H3,(H,15,17). The maximum atomic E-state index is 12.0. The van der Waals surface area contributed by atoms with Crippen molar-refractivity contribution in [1.82, 2.24) is 10.2 Å². The lowest BCUT2D eigenvalue weighted by Crippen LogP contribution is -2.47. The molecule has 0 heterocycles. The van der Waals surface area contributed by atoms with Gasteiger partial charge >= 0.3 is 6.03 Å². The van der Waals surface area contributed by atoms with E-state index in [1.165, 1.54) is 0 Å². The second kappa shape index (κ2) is 8.34. The summed E-state index contributed by atoms with van der Waals surface area (Å²) in [5.41, 5.74) is 5.70. The second-order valence-electron chi connectivity index (χ2n) is 5.38. The fourth-order valence-electron chi connectivity index (χ4n) is 1.59. The molecule has 0 saturated carbocycles. The third-order valence-corrected chi connectivity index (χ3v) is 2.76. The lowest BCUT2D eigenvalue weighted by Gasteiger charge is -2.31. The van der Waals surface area contributed by atoms with Crippen LogP contribution in [0.25, 0.3) is 0 Å². The molecule has 4 nitrogen and oxygen atoms in total. The Morgan fingerprint density at radius 1 is 1.29 bits per heavy atom. The summed E-state index contributed by atoms with van der Waals surface area (Å²) in [6, 6.07) is 0.0434. The number of urea groups is 1. The zero-order chi connectivity index (χ0) is 13.3. The molecule has 0 saturated heterocycles. The molecule has 0 atom stereocenters. The molecule has 0 spiro atoms. The summed E-state index contributed by atoms with van der Waals surface area (Å²) in [7, 11) is 0. The summed E-state index contributed by atoms with van der Waals surface area (Å²) in [6.07, 6.45) is 3.11. The van der Waals surface area contributed by atoms with E-state index in [1.807, 2.05) is 4.90 Å². The van der Waals surface area contributed by atoms with E-state index in [1.54, 1.807) is 0 Å². The van der Waals surface area contributed by atoms with Crippen molar-refractivity contribution in [2.45, 2.75) is 47.0 Å². The van der Waals surface area contributed by atoms with Gasteiger partial charge in [-0.05, 0) is 24.8 Å². The Kier molecular flexibility index (Phi) is 7.96. The number of nitrogens with two attached hydrogens (primary N) is 1. The highest BCUT2D eigenvalue weighted by molar-refractivity contribution is 5.74. The lowest BCUT2D eigenvalue weighted by molar-refractivity contribution is 0.169. The molecule has 0 radical (unpaired) electrons. The van der Waals surface area contributed by atoms with Gasteiger partial charge in [0.1, 0.15) is 0 Å². The molecule has 17 heavy (non-hydrogen) atoms. The Bertz CT molecular complexity index is 217. The SMILES string of the molecule is CCCCNC(=O)N(CCC)CC(C)(C)CN. The van der Waals surface area contributed by atoms with Crippen LogP contribution in [0.4, 0.5) is 4.79 Å². The fourth-order valence-corrected chi connectivity index (χ4v) is 1.59. The van der Waals surface area contributed by atoms with Gasteiger partial charge in [0.15, 0.2) is 0 Å². The van der Waals surface area contributed by atoms with Crippen molar-refractivity contribution in [2.24, 2.45) is 11.1 Å². The molecule has 2 amide bonds. The Hall–Kier alpha value is -0.770. The number of hydrogen-bond donors (Lipinski definition) is 2. The number of nitrogens with zero attached hydrogens (tertiary/aromatic N) is 1. The van der Waals surface area contributed by atoms with Crippen LogP contribution in [0.1, 0.15) is 47.0 Å². The van der Waals surface area contributed by atoms with Crippen LogP contribution in [-0.2, 0) is 0 Å². The van der Waals surface area contributed by atoms with Gasteiger partial charge in [0.05, 0.1) is 0 Å². The van der Waals surface area contributed by atoms with E-state index < -0.39 is 0 Å². The highest BCUT2D eigenvalue weighted by Gasteiger charge is 2.22. The molecule has 0 unspecified atom stereocenters. The van der Waals surface area contributed by atoms with E-state index in [0.29, 0.717) is 6.54 Å². The van der Waals surface area contributed by atoms with E-state index in [9.17, 15) is 4.79 Å². The normalized spacial score (nSPS) is 11.4. The molecule has 0 fully saturated rings. The fraction of sp³-hybridized carbons (Fsp3) is 0.923. The Labute approximate surface area is 106 Å². The lowest BCUT2D eigenvalue weighted by atomic mass is 9.93. The zero-order valence-corrected chi connectivity index (χ0v) is 11.9. The second-order valence-corrected chi connectivity index (χ2v) is 5.38. The van der Waals surface area contributed by atoms with E-state index >= 15 is 0 Å². The number of hydrogen-bond acceptors (Lipinski definition) is 2. The van der Waals surface area contributed by atoms with Crippen LogP contribution in [0.2, 0.25) is 0 Å². The van der Waals surface area contributed by atoms with E-state index in [4.69, 9.17) is 5.73 Å². The maximum Gasteiger partial charge on any atom is 0.317 e. The summed E-state index contributed by atoms with van der Waals surface area (Å²) in [5, 5.41) is 2.96. The Balaban J connectivity index is 4.25. The van der Waals surface area contributed by atoms with Gasteiger partial charge < -0.3 is 16.0 Å².